The summed E-state index contributed by atoms with van der Waals surface area (Å²) < 4.78 is 11.9. The summed E-state index contributed by atoms with van der Waals surface area (Å²) in [5.41, 5.74) is 2.27. The normalized spacial score (nSPS) is 11.1. The zero-order valence-electron chi connectivity index (χ0n) is 17.1. The second-order valence-electron chi connectivity index (χ2n) is 7.01. The number of rotatable bonds is 7. The predicted octanol–water partition coefficient (Wildman–Crippen LogP) is 2.91. The van der Waals surface area contributed by atoms with Gasteiger partial charge in [0.1, 0.15) is 17.6 Å². The lowest BCUT2D eigenvalue weighted by molar-refractivity contribution is -0.121. The minimum atomic E-state index is -0.327. The molecule has 0 aliphatic rings. The van der Waals surface area contributed by atoms with E-state index in [1.54, 1.807) is 26.4 Å². The molecule has 0 saturated heterocycles. The maximum Gasteiger partial charge on any atom is 0.278 e. The van der Waals surface area contributed by atoms with Crippen LogP contribution in [0, 0.1) is 0 Å². The number of nitrogens with zero attached hydrogens (tertiary/aromatic N) is 2. The number of carbonyl (C=O) groups excluding carboxylic acids is 1. The van der Waals surface area contributed by atoms with Gasteiger partial charge in [0.25, 0.3) is 5.56 Å². The summed E-state index contributed by atoms with van der Waals surface area (Å²) in [7, 11) is 3.09. The zero-order chi connectivity index (χ0) is 22.0. The first-order valence-corrected chi connectivity index (χ1v) is 10.0. The maximum atomic E-state index is 12.9. The first kappa shape index (κ1) is 20.7. The molecule has 0 radical (unpaired) electrons. The summed E-state index contributed by atoms with van der Waals surface area (Å²) >= 11 is 5.88. The molecule has 2 aromatic heterocycles. The number of methoxy groups -OCH3 is 2. The number of amides is 1. The van der Waals surface area contributed by atoms with Crippen molar-refractivity contribution in [3.63, 3.8) is 0 Å². The van der Waals surface area contributed by atoms with Crippen LogP contribution in [0.3, 0.4) is 0 Å². The van der Waals surface area contributed by atoms with Gasteiger partial charge < -0.3 is 19.8 Å². The molecule has 4 aromatic rings. The van der Waals surface area contributed by atoms with Gasteiger partial charge in [0, 0.05) is 23.0 Å². The number of ether oxygens (including phenoxy) is 2. The van der Waals surface area contributed by atoms with Crippen LogP contribution in [0.2, 0.25) is 5.02 Å². The molecule has 2 N–H and O–H groups in total. The molecular formula is C22H21ClN4O4. The van der Waals surface area contributed by atoms with E-state index >= 15 is 0 Å². The van der Waals surface area contributed by atoms with Crippen molar-refractivity contribution in [1.29, 1.82) is 0 Å². The van der Waals surface area contributed by atoms with Gasteiger partial charge >= 0.3 is 0 Å². The molecule has 8 nitrogen and oxygen atoms in total. The van der Waals surface area contributed by atoms with Crippen LogP contribution in [0.4, 0.5) is 0 Å². The topological polar surface area (TPSA) is 98.2 Å². The lowest BCUT2D eigenvalue weighted by Crippen LogP contribution is -2.33. The fraction of sp³-hybridized carbons (Fsp3) is 0.227. The Morgan fingerprint density at radius 1 is 1.16 bits per heavy atom. The van der Waals surface area contributed by atoms with Crippen LogP contribution in [0.5, 0.6) is 11.5 Å². The highest BCUT2D eigenvalue weighted by molar-refractivity contribution is 6.30. The van der Waals surface area contributed by atoms with Gasteiger partial charge in [-0.05, 0) is 30.2 Å². The van der Waals surface area contributed by atoms with Crippen LogP contribution >= 0.6 is 11.6 Å². The van der Waals surface area contributed by atoms with Crippen molar-refractivity contribution in [3.05, 3.63) is 63.7 Å². The number of fused-ring (bicyclic) bond motifs is 3. The molecular weight excluding hydrogens is 420 g/mol. The van der Waals surface area contributed by atoms with Crippen molar-refractivity contribution in [2.75, 3.05) is 20.8 Å². The van der Waals surface area contributed by atoms with Crippen molar-refractivity contribution >= 4 is 39.4 Å². The summed E-state index contributed by atoms with van der Waals surface area (Å²) in [5.74, 6) is 0.820. The summed E-state index contributed by atoms with van der Waals surface area (Å²) in [6.07, 6.45) is 2.05. The second-order valence-corrected chi connectivity index (χ2v) is 7.44. The Morgan fingerprint density at radius 3 is 2.58 bits per heavy atom. The smallest absolute Gasteiger partial charge is 0.278 e. The number of benzene rings is 2. The van der Waals surface area contributed by atoms with Crippen LogP contribution in [0.1, 0.15) is 5.56 Å². The number of halogens is 1. The first-order chi connectivity index (χ1) is 15.0. The molecule has 0 saturated carbocycles. The number of H-pyrrole nitrogens is 1. The van der Waals surface area contributed by atoms with Crippen LogP contribution in [-0.2, 0) is 17.8 Å². The summed E-state index contributed by atoms with van der Waals surface area (Å²) in [6.45, 7) is 0.335. The Kier molecular flexibility index (Phi) is 5.81. The van der Waals surface area contributed by atoms with Gasteiger partial charge in [-0.15, -0.1) is 0 Å². The van der Waals surface area contributed by atoms with Gasteiger partial charge in [0.2, 0.25) is 5.91 Å². The van der Waals surface area contributed by atoms with Gasteiger partial charge in [-0.1, -0.05) is 23.7 Å². The number of carbonyl (C=O) groups is 1. The van der Waals surface area contributed by atoms with Crippen LogP contribution in [0.15, 0.2) is 47.5 Å². The van der Waals surface area contributed by atoms with E-state index in [4.69, 9.17) is 21.1 Å². The van der Waals surface area contributed by atoms with Crippen molar-refractivity contribution in [1.82, 2.24) is 19.9 Å². The Morgan fingerprint density at radius 2 is 1.87 bits per heavy atom. The SMILES string of the molecule is COc1cc2[nH]c3c(=O)n(CC(=O)NCCc4ccc(Cl)cc4)cnc3c2cc1OC. The van der Waals surface area contributed by atoms with Crippen LogP contribution in [-0.4, -0.2) is 41.2 Å². The molecule has 0 spiro atoms. The highest BCUT2D eigenvalue weighted by Crippen LogP contribution is 2.34. The lowest BCUT2D eigenvalue weighted by atomic mass is 10.1. The van der Waals surface area contributed by atoms with E-state index in [1.807, 2.05) is 24.3 Å². The summed E-state index contributed by atoms with van der Waals surface area (Å²) in [6, 6.07) is 11.0. The Balaban J connectivity index is 1.52. The Hall–Kier alpha value is -3.52. The monoisotopic (exact) mass is 440 g/mol. The number of hydrogen-bond acceptors (Lipinski definition) is 5. The second kappa shape index (κ2) is 8.69. The third-order valence-electron chi connectivity index (χ3n) is 5.04. The average molecular weight is 441 g/mol. The molecule has 0 unspecified atom stereocenters. The average Bonchev–Trinajstić information content (AvgIpc) is 3.14. The first-order valence-electron chi connectivity index (χ1n) is 9.64. The van der Waals surface area contributed by atoms with E-state index in [1.165, 1.54) is 10.9 Å². The number of nitrogens with one attached hydrogen (secondary N) is 2. The van der Waals surface area contributed by atoms with Crippen LogP contribution in [0.25, 0.3) is 21.9 Å². The quantitative estimate of drug-likeness (QED) is 0.460. The molecule has 0 fully saturated rings. The minimum Gasteiger partial charge on any atom is -0.493 e. The largest absolute Gasteiger partial charge is 0.493 e. The van der Waals surface area contributed by atoms with Gasteiger partial charge in [-0.25, -0.2) is 4.98 Å². The van der Waals surface area contributed by atoms with Gasteiger partial charge in [-0.3, -0.25) is 14.2 Å². The summed E-state index contributed by atoms with van der Waals surface area (Å²) in [5, 5.41) is 4.23. The van der Waals surface area contributed by atoms with E-state index in [0.717, 1.165) is 10.9 Å². The molecule has 2 heterocycles. The maximum absolute atomic E-state index is 12.9. The molecule has 0 atom stereocenters. The molecule has 1 amide bonds. The summed E-state index contributed by atoms with van der Waals surface area (Å²) in [4.78, 5) is 32.7. The molecule has 0 aliphatic carbocycles. The fourth-order valence-corrected chi connectivity index (χ4v) is 3.57. The number of aromatic nitrogens is 3. The van der Waals surface area contributed by atoms with Crippen molar-refractivity contribution in [2.45, 2.75) is 13.0 Å². The van der Waals surface area contributed by atoms with Crippen molar-refractivity contribution < 1.29 is 14.3 Å². The standard InChI is InChI=1S/C22H21ClN4O4/c1-30-17-9-15-16(10-18(17)31-2)26-21-20(15)25-12-27(22(21)29)11-19(28)24-8-7-13-3-5-14(23)6-4-13/h3-6,9-10,12,26H,7-8,11H2,1-2H3,(H,24,28). The zero-order valence-corrected chi connectivity index (χ0v) is 17.8. The van der Waals surface area contributed by atoms with E-state index in [-0.39, 0.29) is 18.0 Å². The van der Waals surface area contributed by atoms with E-state index < -0.39 is 0 Å². The third kappa shape index (κ3) is 4.20. The van der Waals surface area contributed by atoms with Crippen molar-refractivity contribution in [3.8, 4) is 11.5 Å². The third-order valence-corrected chi connectivity index (χ3v) is 5.29. The highest BCUT2D eigenvalue weighted by Gasteiger charge is 2.15. The number of hydrogen-bond donors (Lipinski definition) is 2. The van der Waals surface area contributed by atoms with E-state index in [0.29, 0.717) is 46.0 Å². The molecule has 31 heavy (non-hydrogen) atoms. The molecule has 160 valence electrons. The van der Waals surface area contributed by atoms with E-state index in [9.17, 15) is 9.59 Å². The molecule has 0 bridgehead atoms. The Labute approximate surface area is 182 Å². The molecule has 4 rings (SSSR count). The predicted molar refractivity (Wildman–Crippen MR) is 119 cm³/mol. The van der Waals surface area contributed by atoms with Gasteiger partial charge in [0.15, 0.2) is 11.5 Å². The minimum absolute atomic E-state index is 0.121. The Bertz CT molecular complexity index is 1310. The van der Waals surface area contributed by atoms with Crippen molar-refractivity contribution in [2.24, 2.45) is 0 Å². The van der Waals surface area contributed by atoms with Gasteiger partial charge in [-0.2, -0.15) is 0 Å². The molecule has 0 aliphatic heterocycles. The van der Waals surface area contributed by atoms with Gasteiger partial charge in [0.05, 0.1) is 26.1 Å². The molecule has 9 heteroatoms. The van der Waals surface area contributed by atoms with Crippen LogP contribution < -0.4 is 20.3 Å². The fourth-order valence-electron chi connectivity index (χ4n) is 3.44. The lowest BCUT2D eigenvalue weighted by Gasteiger charge is -2.08. The molecule has 2 aromatic carbocycles. The highest BCUT2D eigenvalue weighted by atomic mass is 35.5. The number of aromatic amines is 1. The van der Waals surface area contributed by atoms with E-state index in [2.05, 4.69) is 15.3 Å².